The van der Waals surface area contributed by atoms with E-state index in [1.165, 1.54) is 24.9 Å². The van der Waals surface area contributed by atoms with Gasteiger partial charge in [0.1, 0.15) is 0 Å². The molecule has 2 rings (SSSR count). The molecule has 0 saturated carbocycles. The second-order valence-electron chi connectivity index (χ2n) is 6.45. The van der Waals surface area contributed by atoms with Gasteiger partial charge in [0.05, 0.1) is 0 Å². The molecular formula is C18H30N4O. The third kappa shape index (κ3) is 6.59. The molecule has 5 nitrogen and oxygen atoms in total. The fraction of sp³-hybridized carbons (Fsp3) is 0.611. The Bertz CT molecular complexity index is 466. The lowest BCUT2D eigenvalue weighted by atomic mass is 10.1. The van der Waals surface area contributed by atoms with Gasteiger partial charge < -0.3 is 20.4 Å². The van der Waals surface area contributed by atoms with Gasteiger partial charge in [0.15, 0.2) is 0 Å². The number of hydrogen-bond acceptors (Lipinski definition) is 4. The molecule has 23 heavy (non-hydrogen) atoms. The molecule has 1 amide bonds. The summed E-state index contributed by atoms with van der Waals surface area (Å²) in [5.41, 5.74) is 2.14. The molecule has 2 N–H and O–H groups in total. The van der Waals surface area contributed by atoms with E-state index in [0.717, 1.165) is 31.9 Å². The second-order valence-corrected chi connectivity index (χ2v) is 6.45. The maximum atomic E-state index is 11.9. The van der Waals surface area contributed by atoms with Crippen molar-refractivity contribution in [3.63, 3.8) is 0 Å². The lowest BCUT2D eigenvalue weighted by molar-refractivity contribution is -0.116. The normalized spacial score (nSPS) is 15.0. The van der Waals surface area contributed by atoms with Gasteiger partial charge in [-0.1, -0.05) is 0 Å². The van der Waals surface area contributed by atoms with Crippen LogP contribution in [0.2, 0.25) is 0 Å². The molecule has 0 atom stereocenters. The van der Waals surface area contributed by atoms with Crippen molar-refractivity contribution in [2.24, 2.45) is 0 Å². The summed E-state index contributed by atoms with van der Waals surface area (Å²) < 4.78 is 0. The number of amides is 1. The van der Waals surface area contributed by atoms with Crippen molar-refractivity contribution in [1.82, 2.24) is 10.2 Å². The van der Waals surface area contributed by atoms with Crippen molar-refractivity contribution < 1.29 is 4.79 Å². The average molecular weight is 318 g/mol. The molecule has 1 fully saturated rings. The van der Waals surface area contributed by atoms with E-state index in [4.69, 9.17) is 0 Å². The predicted molar refractivity (Wildman–Crippen MR) is 97.2 cm³/mol. The second kappa shape index (κ2) is 9.53. The van der Waals surface area contributed by atoms with Crippen LogP contribution in [0.1, 0.15) is 25.7 Å². The molecule has 1 aromatic rings. The first-order valence-corrected chi connectivity index (χ1v) is 8.65. The summed E-state index contributed by atoms with van der Waals surface area (Å²) >= 11 is 0. The number of rotatable bonds is 8. The highest BCUT2D eigenvalue weighted by Crippen LogP contribution is 2.21. The lowest BCUT2D eigenvalue weighted by Gasteiger charge is -2.28. The molecule has 1 aromatic carbocycles. The van der Waals surface area contributed by atoms with Gasteiger partial charge in [-0.25, -0.2) is 0 Å². The number of likely N-dealkylation sites (N-methyl/N-ethyl adjacent to an activating group) is 1. The summed E-state index contributed by atoms with van der Waals surface area (Å²) in [4.78, 5) is 16.5. The largest absolute Gasteiger partial charge is 0.372 e. The third-order valence-electron chi connectivity index (χ3n) is 4.14. The van der Waals surface area contributed by atoms with Crippen molar-refractivity contribution in [1.29, 1.82) is 0 Å². The molecule has 1 heterocycles. The quantitative estimate of drug-likeness (QED) is 0.721. The highest BCUT2D eigenvalue weighted by Gasteiger charge is 2.10. The Morgan fingerprint density at radius 3 is 2.43 bits per heavy atom. The minimum atomic E-state index is 0.0630. The number of nitrogens with zero attached hydrogens (tertiary/aromatic N) is 2. The molecule has 0 spiro atoms. The zero-order chi connectivity index (χ0) is 16.5. The molecule has 0 unspecified atom stereocenters. The zero-order valence-electron chi connectivity index (χ0n) is 14.5. The Hall–Kier alpha value is -1.59. The number of carbonyl (C=O) groups is 1. The summed E-state index contributed by atoms with van der Waals surface area (Å²) in [5, 5.41) is 6.24. The lowest BCUT2D eigenvalue weighted by Crippen LogP contribution is -2.29. The maximum absolute atomic E-state index is 11.9. The molecule has 0 bridgehead atoms. The van der Waals surface area contributed by atoms with Crippen molar-refractivity contribution in [3.8, 4) is 0 Å². The van der Waals surface area contributed by atoms with E-state index in [2.05, 4.69) is 32.6 Å². The van der Waals surface area contributed by atoms with Crippen molar-refractivity contribution in [3.05, 3.63) is 24.3 Å². The van der Waals surface area contributed by atoms with Crippen LogP contribution in [-0.2, 0) is 4.79 Å². The van der Waals surface area contributed by atoms with Crippen LogP contribution in [0.15, 0.2) is 24.3 Å². The zero-order valence-corrected chi connectivity index (χ0v) is 14.5. The van der Waals surface area contributed by atoms with Gasteiger partial charge in [-0.3, -0.25) is 4.79 Å². The van der Waals surface area contributed by atoms with Gasteiger partial charge in [-0.2, -0.15) is 0 Å². The average Bonchev–Trinajstić information content (AvgIpc) is 2.56. The van der Waals surface area contributed by atoms with Crippen LogP contribution in [-0.4, -0.2) is 57.6 Å². The third-order valence-corrected chi connectivity index (χ3v) is 4.14. The van der Waals surface area contributed by atoms with E-state index in [9.17, 15) is 4.79 Å². The van der Waals surface area contributed by atoms with Crippen LogP contribution < -0.4 is 15.5 Å². The van der Waals surface area contributed by atoms with E-state index < -0.39 is 0 Å². The Morgan fingerprint density at radius 1 is 1.09 bits per heavy atom. The number of piperidine rings is 1. The van der Waals surface area contributed by atoms with Gasteiger partial charge >= 0.3 is 0 Å². The number of hydrogen-bond donors (Lipinski definition) is 2. The Kier molecular flexibility index (Phi) is 7.36. The Balaban J connectivity index is 1.69. The Morgan fingerprint density at radius 2 is 1.78 bits per heavy atom. The summed E-state index contributed by atoms with van der Waals surface area (Å²) in [5.74, 6) is 0.0630. The maximum Gasteiger partial charge on any atom is 0.225 e. The monoisotopic (exact) mass is 318 g/mol. The van der Waals surface area contributed by atoms with Crippen LogP contribution >= 0.6 is 0 Å². The first-order valence-electron chi connectivity index (χ1n) is 8.65. The van der Waals surface area contributed by atoms with Crippen LogP contribution in [0.25, 0.3) is 0 Å². The molecule has 128 valence electrons. The predicted octanol–water partition coefficient (Wildman–Crippen LogP) is 2.16. The topological polar surface area (TPSA) is 47.6 Å². The number of anilines is 2. The first-order chi connectivity index (χ1) is 11.1. The molecule has 1 aliphatic rings. The fourth-order valence-electron chi connectivity index (χ4n) is 2.76. The van der Waals surface area contributed by atoms with Gasteiger partial charge in [-0.15, -0.1) is 0 Å². The molecule has 0 aliphatic carbocycles. The minimum absolute atomic E-state index is 0.0630. The van der Waals surface area contributed by atoms with Crippen molar-refractivity contribution in [2.75, 3.05) is 57.0 Å². The highest BCUT2D eigenvalue weighted by molar-refractivity contribution is 5.91. The van der Waals surface area contributed by atoms with Crippen LogP contribution in [0.3, 0.4) is 0 Å². The van der Waals surface area contributed by atoms with E-state index in [1.807, 2.05) is 26.2 Å². The summed E-state index contributed by atoms with van der Waals surface area (Å²) in [6, 6.07) is 8.22. The van der Waals surface area contributed by atoms with E-state index in [-0.39, 0.29) is 5.91 Å². The van der Waals surface area contributed by atoms with E-state index in [0.29, 0.717) is 13.0 Å². The molecule has 5 heteroatoms. The fourth-order valence-corrected chi connectivity index (χ4v) is 2.76. The van der Waals surface area contributed by atoms with Crippen molar-refractivity contribution >= 4 is 17.3 Å². The van der Waals surface area contributed by atoms with Crippen LogP contribution in [0.4, 0.5) is 11.4 Å². The van der Waals surface area contributed by atoms with Gasteiger partial charge in [0, 0.05) is 50.5 Å². The van der Waals surface area contributed by atoms with Crippen LogP contribution in [0, 0.1) is 0 Å². The number of benzene rings is 1. The van der Waals surface area contributed by atoms with Crippen molar-refractivity contribution in [2.45, 2.75) is 25.7 Å². The van der Waals surface area contributed by atoms with Gasteiger partial charge in [0.2, 0.25) is 5.91 Å². The highest BCUT2D eigenvalue weighted by atomic mass is 16.1. The van der Waals surface area contributed by atoms with Gasteiger partial charge in [-0.05, 0) is 57.6 Å². The summed E-state index contributed by atoms with van der Waals surface area (Å²) in [6.07, 6.45) is 4.40. The molecule has 1 saturated heterocycles. The molecule has 0 radical (unpaired) electrons. The SMILES string of the molecule is CN(C)CCNCCC(=O)Nc1ccc(N2CCCCC2)cc1. The minimum Gasteiger partial charge on any atom is -0.372 e. The summed E-state index contributed by atoms with van der Waals surface area (Å²) in [7, 11) is 4.09. The first kappa shape index (κ1) is 17.8. The summed E-state index contributed by atoms with van der Waals surface area (Å²) in [6.45, 7) is 4.89. The molecule has 1 aliphatic heterocycles. The number of carbonyl (C=O) groups excluding carboxylic acids is 1. The Labute approximate surface area is 140 Å². The molecule has 0 aromatic heterocycles. The molecular weight excluding hydrogens is 288 g/mol. The van der Waals surface area contributed by atoms with Crippen LogP contribution in [0.5, 0.6) is 0 Å². The van der Waals surface area contributed by atoms with E-state index in [1.54, 1.807) is 0 Å². The van der Waals surface area contributed by atoms with Gasteiger partial charge in [0.25, 0.3) is 0 Å². The smallest absolute Gasteiger partial charge is 0.225 e. The standard InChI is InChI=1S/C18H30N4O/c1-21(2)15-12-19-11-10-18(23)20-16-6-8-17(9-7-16)22-13-4-3-5-14-22/h6-9,19H,3-5,10-15H2,1-2H3,(H,20,23). The van der Waals surface area contributed by atoms with E-state index >= 15 is 0 Å². The number of nitrogens with one attached hydrogen (secondary N) is 2.